The molecule has 0 saturated heterocycles. The molecule has 98 valence electrons. The van der Waals surface area contributed by atoms with E-state index in [1.165, 1.54) is 0 Å². The van der Waals surface area contributed by atoms with Gasteiger partial charge in [0.15, 0.2) is 5.78 Å². The van der Waals surface area contributed by atoms with Crippen molar-refractivity contribution in [1.29, 1.82) is 0 Å². The van der Waals surface area contributed by atoms with Gasteiger partial charge < -0.3 is 10.5 Å². The molecular formula is C16H17NO2. The normalized spacial score (nSPS) is 13.6. The third kappa shape index (κ3) is 2.66. The Bertz CT molecular complexity index is 576. The van der Waals surface area contributed by atoms with Crippen LogP contribution in [0.1, 0.15) is 22.8 Å². The van der Waals surface area contributed by atoms with Crippen molar-refractivity contribution in [1.82, 2.24) is 0 Å². The zero-order chi connectivity index (χ0) is 13.9. The van der Waals surface area contributed by atoms with Crippen molar-refractivity contribution in [3.63, 3.8) is 0 Å². The number of hydrogen-bond acceptors (Lipinski definition) is 3. The molecule has 3 nitrogen and oxygen atoms in total. The van der Waals surface area contributed by atoms with Crippen LogP contribution in [-0.2, 0) is 5.54 Å². The van der Waals surface area contributed by atoms with Crippen molar-refractivity contribution >= 4 is 5.78 Å². The standard InChI is InChI=1S/C16H17NO2/c1-16(17,13-8-4-3-5-9-13)15(18)12-7-6-10-14(11-12)19-2/h3-11H,17H2,1-2H3. The van der Waals surface area contributed by atoms with Crippen LogP contribution in [0.25, 0.3) is 0 Å². The minimum Gasteiger partial charge on any atom is -0.497 e. The molecule has 0 aliphatic rings. The Morgan fingerprint density at radius 3 is 2.42 bits per heavy atom. The number of carbonyl (C=O) groups is 1. The van der Waals surface area contributed by atoms with Crippen LogP contribution < -0.4 is 10.5 Å². The SMILES string of the molecule is COc1cccc(C(=O)C(C)(N)c2ccccc2)c1. The first-order valence-corrected chi connectivity index (χ1v) is 6.09. The minimum absolute atomic E-state index is 0.127. The zero-order valence-electron chi connectivity index (χ0n) is 11.1. The number of Topliss-reactive ketones (excluding diaryl/α,β-unsaturated/α-hetero) is 1. The molecule has 2 aromatic rings. The molecule has 2 rings (SSSR count). The van der Waals surface area contributed by atoms with Crippen LogP contribution in [0.2, 0.25) is 0 Å². The van der Waals surface area contributed by atoms with Gasteiger partial charge in [0.2, 0.25) is 0 Å². The Labute approximate surface area is 113 Å². The zero-order valence-corrected chi connectivity index (χ0v) is 11.1. The van der Waals surface area contributed by atoms with Crippen LogP contribution in [0.4, 0.5) is 0 Å². The summed E-state index contributed by atoms with van der Waals surface area (Å²) in [6.07, 6.45) is 0. The third-order valence-electron chi connectivity index (χ3n) is 3.18. The van der Waals surface area contributed by atoms with Crippen molar-refractivity contribution in [2.45, 2.75) is 12.5 Å². The first-order valence-electron chi connectivity index (χ1n) is 6.09. The first kappa shape index (κ1) is 13.3. The average Bonchev–Trinajstić information content (AvgIpc) is 2.47. The van der Waals surface area contributed by atoms with Gasteiger partial charge in [-0.25, -0.2) is 0 Å². The van der Waals surface area contributed by atoms with E-state index in [1.54, 1.807) is 38.3 Å². The quantitative estimate of drug-likeness (QED) is 0.855. The molecule has 0 bridgehead atoms. The van der Waals surface area contributed by atoms with Gasteiger partial charge in [-0.1, -0.05) is 42.5 Å². The number of ether oxygens (including phenoxy) is 1. The smallest absolute Gasteiger partial charge is 0.187 e. The van der Waals surface area contributed by atoms with E-state index < -0.39 is 5.54 Å². The maximum absolute atomic E-state index is 12.6. The van der Waals surface area contributed by atoms with Crippen LogP contribution in [0.5, 0.6) is 5.75 Å². The van der Waals surface area contributed by atoms with E-state index >= 15 is 0 Å². The molecule has 0 amide bonds. The predicted molar refractivity (Wildman–Crippen MR) is 75.3 cm³/mol. The second-order valence-electron chi connectivity index (χ2n) is 4.63. The van der Waals surface area contributed by atoms with E-state index in [-0.39, 0.29) is 5.78 Å². The van der Waals surface area contributed by atoms with Crippen LogP contribution in [0, 0.1) is 0 Å². The van der Waals surface area contributed by atoms with Gasteiger partial charge >= 0.3 is 0 Å². The molecule has 0 spiro atoms. The molecule has 0 aliphatic heterocycles. The summed E-state index contributed by atoms with van der Waals surface area (Å²) in [6.45, 7) is 1.73. The Kier molecular flexibility index (Phi) is 3.67. The van der Waals surface area contributed by atoms with E-state index in [2.05, 4.69) is 0 Å². The van der Waals surface area contributed by atoms with Gasteiger partial charge in [-0.3, -0.25) is 4.79 Å². The average molecular weight is 255 g/mol. The van der Waals surface area contributed by atoms with Gasteiger partial charge in [0, 0.05) is 5.56 Å². The molecule has 3 heteroatoms. The highest BCUT2D eigenvalue weighted by molar-refractivity contribution is 6.03. The molecule has 19 heavy (non-hydrogen) atoms. The molecule has 0 aromatic heterocycles. The number of nitrogens with two attached hydrogens (primary N) is 1. The number of carbonyl (C=O) groups excluding carboxylic acids is 1. The molecule has 0 fully saturated rings. The van der Waals surface area contributed by atoms with Gasteiger partial charge in [0.05, 0.1) is 7.11 Å². The second kappa shape index (κ2) is 5.24. The summed E-state index contributed by atoms with van der Waals surface area (Å²) in [7, 11) is 1.57. The maximum atomic E-state index is 12.6. The molecule has 0 radical (unpaired) electrons. The molecule has 1 unspecified atom stereocenters. The van der Waals surface area contributed by atoms with E-state index in [0.717, 1.165) is 5.56 Å². The van der Waals surface area contributed by atoms with Crippen molar-refractivity contribution in [2.24, 2.45) is 5.73 Å². The topological polar surface area (TPSA) is 52.3 Å². The molecule has 0 heterocycles. The second-order valence-corrected chi connectivity index (χ2v) is 4.63. The van der Waals surface area contributed by atoms with E-state index in [1.807, 2.05) is 30.3 Å². The molecule has 2 N–H and O–H groups in total. The van der Waals surface area contributed by atoms with Crippen LogP contribution in [-0.4, -0.2) is 12.9 Å². The fourth-order valence-electron chi connectivity index (χ4n) is 1.98. The Balaban J connectivity index is 2.37. The number of hydrogen-bond donors (Lipinski definition) is 1. The van der Waals surface area contributed by atoms with Gasteiger partial charge in [-0.2, -0.15) is 0 Å². The van der Waals surface area contributed by atoms with Crippen molar-refractivity contribution in [2.75, 3.05) is 7.11 Å². The van der Waals surface area contributed by atoms with E-state index in [0.29, 0.717) is 11.3 Å². The minimum atomic E-state index is -1.05. The largest absolute Gasteiger partial charge is 0.497 e. The summed E-state index contributed by atoms with van der Waals surface area (Å²) in [5, 5.41) is 0. The monoisotopic (exact) mass is 255 g/mol. The lowest BCUT2D eigenvalue weighted by Gasteiger charge is -2.23. The highest BCUT2D eigenvalue weighted by Crippen LogP contribution is 2.24. The van der Waals surface area contributed by atoms with Crippen LogP contribution >= 0.6 is 0 Å². The van der Waals surface area contributed by atoms with Crippen LogP contribution in [0.3, 0.4) is 0 Å². The number of rotatable bonds is 4. The van der Waals surface area contributed by atoms with Gasteiger partial charge in [0.1, 0.15) is 11.3 Å². The lowest BCUT2D eigenvalue weighted by atomic mass is 9.85. The van der Waals surface area contributed by atoms with E-state index in [4.69, 9.17) is 10.5 Å². The molecule has 0 saturated carbocycles. The lowest BCUT2D eigenvalue weighted by Crippen LogP contribution is -2.41. The molecule has 2 aromatic carbocycles. The molecular weight excluding hydrogens is 238 g/mol. The van der Waals surface area contributed by atoms with E-state index in [9.17, 15) is 4.79 Å². The summed E-state index contributed by atoms with van der Waals surface area (Å²) in [5.41, 5.74) is 6.51. The Morgan fingerprint density at radius 1 is 1.11 bits per heavy atom. The Hall–Kier alpha value is -2.13. The lowest BCUT2D eigenvalue weighted by molar-refractivity contribution is 0.0899. The Morgan fingerprint density at radius 2 is 1.79 bits per heavy atom. The fourth-order valence-corrected chi connectivity index (χ4v) is 1.98. The van der Waals surface area contributed by atoms with Crippen LogP contribution in [0.15, 0.2) is 54.6 Å². The van der Waals surface area contributed by atoms with Gasteiger partial charge in [-0.05, 0) is 24.6 Å². The highest BCUT2D eigenvalue weighted by Gasteiger charge is 2.31. The highest BCUT2D eigenvalue weighted by atomic mass is 16.5. The van der Waals surface area contributed by atoms with Crippen molar-refractivity contribution in [3.05, 3.63) is 65.7 Å². The van der Waals surface area contributed by atoms with Crippen molar-refractivity contribution in [3.8, 4) is 5.75 Å². The summed E-state index contributed by atoms with van der Waals surface area (Å²) in [4.78, 5) is 12.6. The number of benzene rings is 2. The predicted octanol–water partition coefficient (Wildman–Crippen LogP) is 2.75. The number of methoxy groups -OCH3 is 1. The van der Waals surface area contributed by atoms with Gasteiger partial charge in [-0.15, -0.1) is 0 Å². The maximum Gasteiger partial charge on any atom is 0.187 e. The summed E-state index contributed by atoms with van der Waals surface area (Å²) in [5.74, 6) is 0.521. The van der Waals surface area contributed by atoms with Gasteiger partial charge in [0.25, 0.3) is 0 Å². The van der Waals surface area contributed by atoms with Crippen molar-refractivity contribution < 1.29 is 9.53 Å². The third-order valence-corrected chi connectivity index (χ3v) is 3.18. The summed E-state index contributed by atoms with van der Waals surface area (Å²) < 4.78 is 5.13. The molecule has 1 atom stereocenters. The summed E-state index contributed by atoms with van der Waals surface area (Å²) >= 11 is 0. The fraction of sp³-hybridized carbons (Fsp3) is 0.188. The number of ketones is 1. The first-order chi connectivity index (χ1) is 9.05. The summed E-state index contributed by atoms with van der Waals surface area (Å²) in [6, 6.07) is 16.4. The molecule has 0 aliphatic carbocycles.